The molecular formula is C22H24N4O. The van der Waals surface area contributed by atoms with Gasteiger partial charge in [0.2, 0.25) is 5.91 Å². The van der Waals surface area contributed by atoms with Crippen molar-refractivity contribution in [2.24, 2.45) is 7.05 Å². The average Bonchev–Trinajstić information content (AvgIpc) is 3.00. The molecule has 2 heterocycles. The van der Waals surface area contributed by atoms with Crippen molar-refractivity contribution in [1.29, 1.82) is 0 Å². The smallest absolute Gasteiger partial charge is 0.221 e. The molecule has 1 aliphatic rings. The van der Waals surface area contributed by atoms with Gasteiger partial charge in [-0.25, -0.2) is 4.98 Å². The van der Waals surface area contributed by atoms with Crippen LogP contribution in [-0.2, 0) is 31.4 Å². The SMILES string of the molecule is CC(=O)Nc1ccc(CN2CCc3nc(-c4ccccc4)n(C)c3C2)cc1. The van der Waals surface area contributed by atoms with Gasteiger partial charge < -0.3 is 9.88 Å². The molecule has 0 aliphatic carbocycles. The van der Waals surface area contributed by atoms with Gasteiger partial charge in [0.15, 0.2) is 0 Å². The van der Waals surface area contributed by atoms with Gasteiger partial charge in [0, 0.05) is 51.3 Å². The molecule has 0 radical (unpaired) electrons. The summed E-state index contributed by atoms with van der Waals surface area (Å²) in [6.07, 6.45) is 0.972. The summed E-state index contributed by atoms with van der Waals surface area (Å²) in [5, 5.41) is 2.81. The molecule has 1 aromatic heterocycles. The number of carbonyl (C=O) groups is 1. The minimum Gasteiger partial charge on any atom is -0.330 e. The van der Waals surface area contributed by atoms with E-state index in [0.717, 1.165) is 43.1 Å². The van der Waals surface area contributed by atoms with Gasteiger partial charge in [0.1, 0.15) is 5.82 Å². The number of rotatable bonds is 4. The Bertz CT molecular complexity index is 944. The largest absolute Gasteiger partial charge is 0.330 e. The van der Waals surface area contributed by atoms with Gasteiger partial charge in [-0.1, -0.05) is 42.5 Å². The Hall–Kier alpha value is -2.92. The number of anilines is 1. The maximum absolute atomic E-state index is 11.1. The molecule has 0 bridgehead atoms. The fourth-order valence-corrected chi connectivity index (χ4v) is 3.68. The number of imidazole rings is 1. The van der Waals surface area contributed by atoms with Gasteiger partial charge in [-0.05, 0) is 17.7 Å². The summed E-state index contributed by atoms with van der Waals surface area (Å²) in [4.78, 5) is 18.5. The van der Waals surface area contributed by atoms with Crippen molar-refractivity contribution in [3.05, 3.63) is 71.5 Å². The predicted molar refractivity (Wildman–Crippen MR) is 107 cm³/mol. The van der Waals surface area contributed by atoms with E-state index in [1.54, 1.807) is 0 Å². The zero-order valence-corrected chi connectivity index (χ0v) is 15.8. The lowest BCUT2D eigenvalue weighted by Crippen LogP contribution is -2.31. The first-order valence-corrected chi connectivity index (χ1v) is 9.29. The highest BCUT2D eigenvalue weighted by molar-refractivity contribution is 5.88. The number of carbonyl (C=O) groups excluding carboxylic acids is 1. The molecule has 0 saturated heterocycles. The molecule has 3 aromatic rings. The van der Waals surface area contributed by atoms with Crippen LogP contribution < -0.4 is 5.32 Å². The van der Waals surface area contributed by atoms with Crippen molar-refractivity contribution < 1.29 is 4.79 Å². The lowest BCUT2D eigenvalue weighted by atomic mass is 10.1. The van der Waals surface area contributed by atoms with Gasteiger partial charge in [0.25, 0.3) is 0 Å². The lowest BCUT2D eigenvalue weighted by Gasteiger charge is -2.27. The Labute approximate surface area is 159 Å². The fourth-order valence-electron chi connectivity index (χ4n) is 3.68. The highest BCUT2D eigenvalue weighted by Crippen LogP contribution is 2.26. The lowest BCUT2D eigenvalue weighted by molar-refractivity contribution is -0.114. The Morgan fingerprint density at radius 3 is 2.56 bits per heavy atom. The first-order valence-electron chi connectivity index (χ1n) is 9.29. The predicted octanol–water partition coefficient (Wildman–Crippen LogP) is 3.60. The number of nitrogens with zero attached hydrogens (tertiary/aromatic N) is 3. The third-order valence-electron chi connectivity index (χ3n) is 5.05. The first kappa shape index (κ1) is 17.5. The van der Waals surface area contributed by atoms with E-state index in [9.17, 15) is 4.79 Å². The van der Waals surface area contributed by atoms with Crippen LogP contribution in [0.1, 0.15) is 23.9 Å². The molecule has 0 spiro atoms. The third-order valence-corrected chi connectivity index (χ3v) is 5.05. The van der Waals surface area contributed by atoms with Crippen LogP contribution in [-0.4, -0.2) is 26.9 Å². The van der Waals surface area contributed by atoms with E-state index in [4.69, 9.17) is 4.98 Å². The van der Waals surface area contributed by atoms with Crippen LogP contribution in [0.4, 0.5) is 5.69 Å². The molecule has 27 heavy (non-hydrogen) atoms. The van der Waals surface area contributed by atoms with E-state index in [1.807, 2.05) is 18.2 Å². The summed E-state index contributed by atoms with van der Waals surface area (Å²) < 4.78 is 2.23. The molecule has 5 heteroatoms. The van der Waals surface area contributed by atoms with Crippen molar-refractivity contribution in [3.8, 4) is 11.4 Å². The number of aromatic nitrogens is 2. The van der Waals surface area contributed by atoms with Crippen LogP contribution >= 0.6 is 0 Å². The summed E-state index contributed by atoms with van der Waals surface area (Å²) in [5.41, 5.74) is 5.77. The molecule has 0 atom stereocenters. The van der Waals surface area contributed by atoms with Gasteiger partial charge >= 0.3 is 0 Å². The Morgan fingerprint density at radius 1 is 1.11 bits per heavy atom. The van der Waals surface area contributed by atoms with Crippen molar-refractivity contribution in [1.82, 2.24) is 14.5 Å². The Balaban J connectivity index is 1.48. The summed E-state index contributed by atoms with van der Waals surface area (Å²) >= 11 is 0. The maximum atomic E-state index is 11.1. The minimum atomic E-state index is -0.0447. The van der Waals surface area contributed by atoms with Crippen molar-refractivity contribution in [2.75, 3.05) is 11.9 Å². The highest BCUT2D eigenvalue weighted by Gasteiger charge is 2.23. The third kappa shape index (κ3) is 3.78. The summed E-state index contributed by atoms with van der Waals surface area (Å²) in [7, 11) is 2.11. The molecule has 0 unspecified atom stereocenters. The number of hydrogen-bond donors (Lipinski definition) is 1. The topological polar surface area (TPSA) is 50.2 Å². The van der Waals surface area contributed by atoms with Crippen LogP contribution in [0, 0.1) is 0 Å². The molecule has 0 fully saturated rings. The molecule has 1 N–H and O–H groups in total. The Kier molecular flexibility index (Phi) is 4.77. The van der Waals surface area contributed by atoms with Gasteiger partial charge in [-0.2, -0.15) is 0 Å². The number of fused-ring (bicyclic) bond motifs is 1. The molecular weight excluding hydrogens is 336 g/mol. The average molecular weight is 360 g/mol. The van der Waals surface area contributed by atoms with Crippen LogP contribution in [0.5, 0.6) is 0 Å². The van der Waals surface area contributed by atoms with Crippen molar-refractivity contribution >= 4 is 11.6 Å². The first-order chi connectivity index (χ1) is 13.1. The van der Waals surface area contributed by atoms with Gasteiger partial charge in [0.05, 0.1) is 11.4 Å². The summed E-state index contributed by atoms with van der Waals surface area (Å²) in [6, 6.07) is 18.5. The van der Waals surface area contributed by atoms with E-state index in [1.165, 1.54) is 23.9 Å². The number of benzene rings is 2. The summed E-state index contributed by atoms with van der Waals surface area (Å²) in [6.45, 7) is 4.33. The second-order valence-electron chi connectivity index (χ2n) is 7.09. The molecule has 1 aliphatic heterocycles. The molecule has 1 amide bonds. The normalized spacial score (nSPS) is 14.0. The van der Waals surface area contributed by atoms with E-state index in [-0.39, 0.29) is 5.91 Å². The highest BCUT2D eigenvalue weighted by atomic mass is 16.1. The standard InChI is InChI=1S/C22H24N4O/c1-16(27)23-19-10-8-17(9-11-19)14-26-13-12-20-21(15-26)25(2)22(24-20)18-6-4-3-5-7-18/h3-11H,12-15H2,1-2H3,(H,23,27). The molecule has 0 saturated carbocycles. The zero-order chi connectivity index (χ0) is 18.8. The Morgan fingerprint density at radius 2 is 1.85 bits per heavy atom. The van der Waals surface area contributed by atoms with Crippen molar-refractivity contribution in [2.45, 2.75) is 26.4 Å². The van der Waals surface area contributed by atoms with Crippen LogP contribution in [0.3, 0.4) is 0 Å². The van der Waals surface area contributed by atoms with Gasteiger partial charge in [-0.3, -0.25) is 9.69 Å². The molecule has 4 rings (SSSR count). The van der Waals surface area contributed by atoms with Crippen molar-refractivity contribution in [3.63, 3.8) is 0 Å². The molecule has 2 aromatic carbocycles. The minimum absolute atomic E-state index is 0.0447. The number of amides is 1. The fraction of sp³-hybridized carbons (Fsp3) is 0.273. The number of hydrogen-bond acceptors (Lipinski definition) is 3. The second kappa shape index (κ2) is 7.37. The van der Waals surface area contributed by atoms with E-state index < -0.39 is 0 Å². The van der Waals surface area contributed by atoms with E-state index in [2.05, 4.69) is 58.2 Å². The van der Waals surface area contributed by atoms with Gasteiger partial charge in [-0.15, -0.1) is 0 Å². The van der Waals surface area contributed by atoms with Crippen LogP contribution in [0.25, 0.3) is 11.4 Å². The number of nitrogens with one attached hydrogen (secondary N) is 1. The second-order valence-corrected chi connectivity index (χ2v) is 7.09. The monoisotopic (exact) mass is 360 g/mol. The summed E-state index contributed by atoms with van der Waals surface area (Å²) in [5.74, 6) is 0.999. The zero-order valence-electron chi connectivity index (χ0n) is 15.8. The quantitative estimate of drug-likeness (QED) is 0.773. The molecule has 138 valence electrons. The van der Waals surface area contributed by atoms with E-state index in [0.29, 0.717) is 0 Å². The molecule has 5 nitrogen and oxygen atoms in total. The van der Waals surface area contributed by atoms with E-state index >= 15 is 0 Å². The van der Waals surface area contributed by atoms with Crippen LogP contribution in [0.2, 0.25) is 0 Å². The van der Waals surface area contributed by atoms with Crippen LogP contribution in [0.15, 0.2) is 54.6 Å². The maximum Gasteiger partial charge on any atom is 0.221 e.